The van der Waals surface area contributed by atoms with Crippen LogP contribution in [0.2, 0.25) is 0 Å². The lowest BCUT2D eigenvalue weighted by Crippen LogP contribution is -2.33. The summed E-state index contributed by atoms with van der Waals surface area (Å²) in [5.41, 5.74) is 21.8. The van der Waals surface area contributed by atoms with Crippen LogP contribution < -0.4 is 0 Å². The van der Waals surface area contributed by atoms with Gasteiger partial charge in [0.25, 0.3) is 0 Å². The van der Waals surface area contributed by atoms with Crippen LogP contribution >= 0.6 is 0 Å². The maximum Gasteiger partial charge on any atom is 0.164 e. The van der Waals surface area contributed by atoms with Gasteiger partial charge in [-0.1, -0.05) is 273 Å². The molecular formula is C73H48N4. The molecule has 0 fully saturated rings. The Labute approximate surface area is 448 Å². The third kappa shape index (κ3) is 8.21. The van der Waals surface area contributed by atoms with Crippen molar-refractivity contribution in [3.8, 4) is 101 Å². The lowest BCUT2D eigenvalue weighted by molar-refractivity contribution is 0.749. The summed E-state index contributed by atoms with van der Waals surface area (Å²) in [6.45, 7) is 0. The topological polar surface area (TPSA) is 51.6 Å². The first kappa shape index (κ1) is 45.5. The molecule has 2 aromatic heterocycles. The van der Waals surface area contributed by atoms with Crippen molar-refractivity contribution >= 4 is 10.9 Å². The lowest BCUT2D eigenvalue weighted by atomic mass is 9.60. The Balaban J connectivity index is 0.773. The summed E-state index contributed by atoms with van der Waals surface area (Å²) in [4.78, 5) is 20.7. The van der Waals surface area contributed by atoms with Gasteiger partial charge in [0.2, 0.25) is 0 Å². The van der Waals surface area contributed by atoms with Crippen molar-refractivity contribution in [3.05, 3.63) is 313 Å². The zero-order valence-electron chi connectivity index (χ0n) is 42.0. The molecule has 77 heavy (non-hydrogen) atoms. The number of nitrogens with zero attached hydrogens (tertiary/aromatic N) is 4. The molecule has 0 aliphatic heterocycles. The first-order valence-electron chi connectivity index (χ1n) is 26.2. The van der Waals surface area contributed by atoms with Gasteiger partial charge in [0.05, 0.1) is 16.6 Å². The molecule has 13 aromatic rings. The summed E-state index contributed by atoms with van der Waals surface area (Å²) in [6, 6.07) is 104. The van der Waals surface area contributed by atoms with Gasteiger partial charge in [-0.3, -0.25) is 0 Å². The van der Waals surface area contributed by atoms with Crippen molar-refractivity contribution in [2.24, 2.45) is 0 Å². The average Bonchev–Trinajstić information content (AvgIpc) is 3.69. The number of benzene rings is 11. The van der Waals surface area contributed by atoms with Crippen LogP contribution in [-0.4, -0.2) is 19.9 Å². The van der Waals surface area contributed by atoms with Gasteiger partial charge in [-0.15, -0.1) is 0 Å². The monoisotopic (exact) mass is 980 g/mol. The molecule has 1 aliphatic carbocycles. The van der Waals surface area contributed by atoms with E-state index in [9.17, 15) is 0 Å². The highest BCUT2D eigenvalue weighted by atomic mass is 15.0. The third-order valence-corrected chi connectivity index (χ3v) is 15.3. The zero-order valence-corrected chi connectivity index (χ0v) is 42.0. The molecule has 4 heteroatoms. The number of aromatic nitrogens is 4. The SMILES string of the molecule is c1ccc(-c2ccc(-c3nc(-c4ccc(-c5ccccc5)cc4)nc(-c4cccc(-c5ccc(-c6ccc(-c7cc8c9c(cccc9n7)C(c7ccccc7)(c7ccccc7)c7ccccc7-8)cc6)cc5)c4)n3)cc2)cc1. The predicted octanol–water partition coefficient (Wildman–Crippen LogP) is 18.1. The summed E-state index contributed by atoms with van der Waals surface area (Å²) in [5.74, 6) is 1.86. The molecule has 0 radical (unpaired) electrons. The van der Waals surface area contributed by atoms with Gasteiger partial charge in [-0.25, -0.2) is 19.9 Å². The minimum absolute atomic E-state index is 0.509. The van der Waals surface area contributed by atoms with Crippen LogP contribution in [0.4, 0.5) is 0 Å². The van der Waals surface area contributed by atoms with Gasteiger partial charge in [-0.2, -0.15) is 0 Å². The van der Waals surface area contributed by atoms with Crippen LogP contribution in [0.1, 0.15) is 22.3 Å². The number of rotatable bonds is 10. The van der Waals surface area contributed by atoms with Crippen molar-refractivity contribution in [3.63, 3.8) is 0 Å². The average molecular weight is 981 g/mol. The van der Waals surface area contributed by atoms with Gasteiger partial charge in [0.1, 0.15) is 0 Å². The normalized spacial score (nSPS) is 12.3. The standard InChI is InChI=1S/C73H48N4/c1-5-17-49(18-6-1)51-37-43-57(44-38-51)70-75-71(58-45-39-52(40-46-58)50-19-7-2-8-20-50)77-72(76-70)60-22-15-21-59(47-60)55-33-31-53(32-34-55)54-35-41-56(42-36-54)68-48-64-63-27-13-14-28-65(63)73(61-23-9-3-10-24-61,62-25-11-4-12-26-62)66-29-16-30-67(74-68)69(64)66/h1-48H. The van der Waals surface area contributed by atoms with Gasteiger partial charge in [-0.05, 0) is 96.1 Å². The van der Waals surface area contributed by atoms with Gasteiger partial charge >= 0.3 is 0 Å². The highest BCUT2D eigenvalue weighted by Crippen LogP contribution is 2.55. The molecule has 0 N–H and O–H groups in total. The fourth-order valence-electron chi connectivity index (χ4n) is 11.5. The molecule has 0 spiro atoms. The minimum Gasteiger partial charge on any atom is -0.248 e. The second kappa shape index (κ2) is 19.3. The molecule has 11 aromatic carbocycles. The molecule has 14 rings (SSSR count). The smallest absolute Gasteiger partial charge is 0.164 e. The zero-order chi connectivity index (χ0) is 51.1. The van der Waals surface area contributed by atoms with E-state index in [1.807, 2.05) is 12.1 Å². The molecule has 0 amide bonds. The number of fused-ring (bicyclic) bond motifs is 2. The van der Waals surface area contributed by atoms with E-state index in [0.717, 1.165) is 78.0 Å². The molecule has 1 aliphatic rings. The molecule has 0 unspecified atom stereocenters. The van der Waals surface area contributed by atoms with Crippen LogP contribution in [0, 0.1) is 0 Å². The Morgan fingerprint density at radius 1 is 0.221 bits per heavy atom. The Bertz CT molecular complexity index is 4110. The maximum atomic E-state index is 5.41. The largest absolute Gasteiger partial charge is 0.248 e. The Morgan fingerprint density at radius 2 is 0.584 bits per heavy atom. The molecule has 360 valence electrons. The van der Waals surface area contributed by atoms with Crippen LogP contribution in [-0.2, 0) is 5.41 Å². The molecule has 2 heterocycles. The number of pyridine rings is 1. The highest BCUT2D eigenvalue weighted by molar-refractivity contribution is 6.05. The van der Waals surface area contributed by atoms with Crippen LogP contribution in [0.5, 0.6) is 0 Å². The Kier molecular flexibility index (Phi) is 11.4. The number of hydrogen-bond acceptors (Lipinski definition) is 4. The predicted molar refractivity (Wildman–Crippen MR) is 316 cm³/mol. The van der Waals surface area contributed by atoms with Crippen molar-refractivity contribution in [2.45, 2.75) is 5.41 Å². The van der Waals surface area contributed by atoms with E-state index >= 15 is 0 Å². The van der Waals surface area contributed by atoms with E-state index in [4.69, 9.17) is 19.9 Å². The van der Waals surface area contributed by atoms with Gasteiger partial charge in [0.15, 0.2) is 17.5 Å². The van der Waals surface area contributed by atoms with E-state index in [0.29, 0.717) is 17.5 Å². The van der Waals surface area contributed by atoms with E-state index in [2.05, 4.69) is 279 Å². The number of hydrogen-bond donors (Lipinski definition) is 0. The molecule has 0 bridgehead atoms. The lowest BCUT2D eigenvalue weighted by Gasteiger charge is -2.42. The van der Waals surface area contributed by atoms with Gasteiger partial charge < -0.3 is 0 Å². The molecule has 0 saturated carbocycles. The van der Waals surface area contributed by atoms with Crippen molar-refractivity contribution in [1.29, 1.82) is 0 Å². The van der Waals surface area contributed by atoms with Crippen molar-refractivity contribution in [2.75, 3.05) is 0 Å². The summed E-state index contributed by atoms with van der Waals surface area (Å²) in [5, 5.41) is 1.20. The van der Waals surface area contributed by atoms with Crippen molar-refractivity contribution in [1.82, 2.24) is 19.9 Å². The molecule has 0 atom stereocenters. The minimum atomic E-state index is -0.509. The van der Waals surface area contributed by atoms with Crippen LogP contribution in [0.3, 0.4) is 0 Å². The van der Waals surface area contributed by atoms with Gasteiger partial charge in [0, 0.05) is 27.6 Å². The molecule has 0 saturated heterocycles. The fourth-order valence-corrected chi connectivity index (χ4v) is 11.5. The van der Waals surface area contributed by atoms with Crippen molar-refractivity contribution < 1.29 is 0 Å². The maximum absolute atomic E-state index is 5.41. The highest BCUT2D eigenvalue weighted by Gasteiger charge is 2.44. The Hall–Kier alpha value is -10.2. The molecule has 4 nitrogen and oxygen atoms in total. The van der Waals surface area contributed by atoms with E-state index in [1.165, 1.54) is 38.8 Å². The summed E-state index contributed by atoms with van der Waals surface area (Å²) in [7, 11) is 0. The third-order valence-electron chi connectivity index (χ3n) is 15.3. The second-order valence-corrected chi connectivity index (χ2v) is 19.7. The van der Waals surface area contributed by atoms with Crippen LogP contribution in [0.15, 0.2) is 291 Å². The summed E-state index contributed by atoms with van der Waals surface area (Å²) >= 11 is 0. The first-order valence-corrected chi connectivity index (χ1v) is 26.2. The van der Waals surface area contributed by atoms with Crippen LogP contribution in [0.25, 0.3) is 112 Å². The summed E-state index contributed by atoms with van der Waals surface area (Å²) in [6.07, 6.45) is 0. The summed E-state index contributed by atoms with van der Waals surface area (Å²) < 4.78 is 0. The van der Waals surface area contributed by atoms with E-state index < -0.39 is 5.41 Å². The quantitative estimate of drug-likeness (QED) is 0.137. The molecular weight excluding hydrogens is 933 g/mol. The first-order chi connectivity index (χ1) is 38.1. The fraction of sp³-hybridized carbons (Fsp3) is 0.0137. The Morgan fingerprint density at radius 3 is 1.10 bits per heavy atom. The van der Waals surface area contributed by atoms with E-state index in [-0.39, 0.29) is 0 Å². The van der Waals surface area contributed by atoms with E-state index in [1.54, 1.807) is 0 Å². The second-order valence-electron chi connectivity index (χ2n) is 19.7.